The first-order chi connectivity index (χ1) is 14.9. The van der Waals surface area contributed by atoms with Crippen molar-refractivity contribution in [1.29, 1.82) is 0 Å². The normalized spacial score (nSPS) is 24.5. The van der Waals surface area contributed by atoms with E-state index in [-0.39, 0.29) is 23.9 Å². The Morgan fingerprint density at radius 3 is 2.35 bits per heavy atom. The van der Waals surface area contributed by atoms with Gasteiger partial charge in [-0.2, -0.15) is 0 Å². The summed E-state index contributed by atoms with van der Waals surface area (Å²) in [7, 11) is 0. The van der Waals surface area contributed by atoms with Gasteiger partial charge in [-0.05, 0) is 69.9 Å². The molecular weight excluding hydrogens is 412 g/mol. The zero-order chi connectivity index (χ0) is 22.6. The van der Waals surface area contributed by atoms with Crippen LogP contribution in [0, 0.1) is 11.8 Å². The van der Waals surface area contributed by atoms with E-state index in [4.69, 9.17) is 4.74 Å². The fourth-order valence-electron chi connectivity index (χ4n) is 4.48. The Bertz CT molecular complexity index is 624. The van der Waals surface area contributed by atoms with Crippen molar-refractivity contribution in [2.24, 2.45) is 11.8 Å². The third-order valence-corrected chi connectivity index (χ3v) is 7.23. The third-order valence-electron chi connectivity index (χ3n) is 6.08. The monoisotopic (exact) mass is 452 g/mol. The van der Waals surface area contributed by atoms with Gasteiger partial charge in [0.15, 0.2) is 0 Å². The van der Waals surface area contributed by atoms with Gasteiger partial charge in [-0.1, -0.05) is 37.5 Å². The summed E-state index contributed by atoms with van der Waals surface area (Å²) in [5.41, 5.74) is 0. The van der Waals surface area contributed by atoms with Crippen LogP contribution < -0.4 is 0 Å². The maximum Gasteiger partial charge on any atom is 0.306 e. The Labute approximate surface area is 191 Å². The number of esters is 1. The van der Waals surface area contributed by atoms with E-state index >= 15 is 0 Å². The second-order valence-corrected chi connectivity index (χ2v) is 10.1. The van der Waals surface area contributed by atoms with E-state index in [1.807, 2.05) is 44.2 Å². The van der Waals surface area contributed by atoms with E-state index in [0.29, 0.717) is 25.0 Å². The summed E-state index contributed by atoms with van der Waals surface area (Å²) >= 11 is 1.64. The molecule has 5 nitrogen and oxygen atoms in total. The van der Waals surface area contributed by atoms with Crippen LogP contribution in [-0.4, -0.2) is 51.5 Å². The first kappa shape index (κ1) is 26.2. The van der Waals surface area contributed by atoms with Gasteiger partial charge in [0.2, 0.25) is 0 Å². The molecule has 0 radical (unpaired) electrons. The van der Waals surface area contributed by atoms with E-state index in [1.54, 1.807) is 11.8 Å². The minimum atomic E-state index is -0.486. The van der Waals surface area contributed by atoms with Crippen molar-refractivity contribution < 1.29 is 24.9 Å². The largest absolute Gasteiger partial charge is 0.463 e. The lowest BCUT2D eigenvalue weighted by molar-refractivity contribution is -0.147. The van der Waals surface area contributed by atoms with E-state index in [2.05, 4.69) is 0 Å². The topological polar surface area (TPSA) is 87.0 Å². The molecule has 1 aromatic rings. The van der Waals surface area contributed by atoms with Crippen LogP contribution in [0.2, 0.25) is 0 Å². The Morgan fingerprint density at radius 2 is 1.68 bits per heavy atom. The molecule has 3 N–H and O–H groups in total. The van der Waals surface area contributed by atoms with Crippen LogP contribution in [0.5, 0.6) is 0 Å². The Morgan fingerprint density at radius 1 is 1.03 bits per heavy atom. The highest BCUT2D eigenvalue weighted by molar-refractivity contribution is 7.99. The fraction of sp³-hybridized carbons (Fsp3) is 0.720. The van der Waals surface area contributed by atoms with E-state index in [1.165, 1.54) is 0 Å². The third kappa shape index (κ3) is 9.94. The van der Waals surface area contributed by atoms with E-state index in [9.17, 15) is 20.1 Å². The molecule has 0 aliphatic heterocycles. The van der Waals surface area contributed by atoms with Crippen LogP contribution in [0.3, 0.4) is 0 Å². The summed E-state index contributed by atoms with van der Waals surface area (Å²) in [5, 5.41) is 31.2. The number of thioether (sulfide) groups is 1. The zero-order valence-corrected chi connectivity index (χ0v) is 19.8. The van der Waals surface area contributed by atoms with Crippen molar-refractivity contribution in [3.63, 3.8) is 0 Å². The fourth-order valence-corrected chi connectivity index (χ4v) is 5.38. The number of aliphatic hydroxyl groups excluding tert-OH is 3. The van der Waals surface area contributed by atoms with Gasteiger partial charge in [0.05, 0.1) is 24.4 Å². The molecule has 6 heteroatoms. The quantitative estimate of drug-likeness (QED) is 0.218. The molecular formula is C25H40O5S. The number of carbonyl (C=O) groups is 1. The zero-order valence-electron chi connectivity index (χ0n) is 19.0. The van der Waals surface area contributed by atoms with Crippen molar-refractivity contribution in [2.45, 2.75) is 101 Å². The van der Waals surface area contributed by atoms with Crippen molar-refractivity contribution in [2.75, 3.05) is 5.75 Å². The van der Waals surface area contributed by atoms with E-state index in [0.717, 1.165) is 43.4 Å². The molecule has 0 bridgehead atoms. The predicted octanol–water partition coefficient (Wildman–Crippen LogP) is 4.57. The molecule has 0 heterocycles. The minimum Gasteiger partial charge on any atom is -0.463 e. The molecule has 1 aromatic carbocycles. The smallest absolute Gasteiger partial charge is 0.306 e. The van der Waals surface area contributed by atoms with Crippen molar-refractivity contribution in [1.82, 2.24) is 0 Å². The van der Waals surface area contributed by atoms with Gasteiger partial charge < -0.3 is 20.1 Å². The number of hydrogen-bond donors (Lipinski definition) is 3. The molecule has 1 aliphatic carbocycles. The molecule has 1 aliphatic rings. The van der Waals surface area contributed by atoms with Gasteiger partial charge in [-0.15, -0.1) is 11.8 Å². The summed E-state index contributed by atoms with van der Waals surface area (Å²) in [4.78, 5) is 12.7. The second kappa shape index (κ2) is 14.1. The van der Waals surface area contributed by atoms with Gasteiger partial charge >= 0.3 is 5.97 Å². The molecule has 31 heavy (non-hydrogen) atoms. The molecule has 2 rings (SSSR count). The lowest BCUT2D eigenvalue weighted by Gasteiger charge is -2.24. The van der Waals surface area contributed by atoms with Crippen LogP contribution in [0.15, 0.2) is 35.2 Å². The van der Waals surface area contributed by atoms with Gasteiger partial charge in [0, 0.05) is 17.1 Å². The predicted molar refractivity (Wildman–Crippen MR) is 125 cm³/mol. The van der Waals surface area contributed by atoms with E-state index < -0.39 is 18.3 Å². The summed E-state index contributed by atoms with van der Waals surface area (Å²) in [6.45, 7) is 3.72. The molecule has 2 unspecified atom stereocenters. The average molecular weight is 453 g/mol. The Hall–Kier alpha value is -1.08. The summed E-state index contributed by atoms with van der Waals surface area (Å²) in [6, 6.07) is 10.0. The summed E-state index contributed by atoms with van der Waals surface area (Å²) < 4.78 is 5.14. The van der Waals surface area contributed by atoms with Crippen LogP contribution in [0.1, 0.15) is 71.6 Å². The first-order valence-corrected chi connectivity index (χ1v) is 12.8. The molecule has 1 saturated carbocycles. The standard InChI is InChI=1S/C25H40O5S/c1-18(2)30-25(29)13-9-4-3-8-12-21-22(24(28)16-23(21)27)15-14-19(26)17-31-20-10-6-5-7-11-20/h5-7,10-11,18-19,21-24,26-28H,3-4,8-9,12-17H2,1-2H3/t19?,21-,22?,23+,24-/m1/s1. The maximum atomic E-state index is 11.6. The number of ether oxygens (including phenoxy) is 1. The van der Waals surface area contributed by atoms with Crippen LogP contribution in [0.4, 0.5) is 0 Å². The lowest BCUT2D eigenvalue weighted by Crippen LogP contribution is -2.24. The average Bonchev–Trinajstić information content (AvgIpc) is 3.00. The number of carbonyl (C=O) groups excluding carboxylic acids is 1. The van der Waals surface area contributed by atoms with Gasteiger partial charge in [-0.25, -0.2) is 0 Å². The van der Waals surface area contributed by atoms with Crippen LogP contribution in [-0.2, 0) is 9.53 Å². The highest BCUT2D eigenvalue weighted by Gasteiger charge is 2.40. The lowest BCUT2D eigenvalue weighted by atomic mass is 9.85. The van der Waals surface area contributed by atoms with Crippen molar-refractivity contribution in [3.05, 3.63) is 30.3 Å². The summed E-state index contributed by atoms with van der Waals surface area (Å²) in [6.07, 6.45) is 5.53. The van der Waals surface area contributed by atoms with Gasteiger partial charge in [0.1, 0.15) is 0 Å². The Balaban J connectivity index is 1.65. The molecule has 0 spiro atoms. The summed E-state index contributed by atoms with van der Waals surface area (Å²) in [5.74, 6) is 0.648. The van der Waals surface area contributed by atoms with Crippen LogP contribution in [0.25, 0.3) is 0 Å². The molecule has 0 amide bonds. The minimum absolute atomic E-state index is 0.0485. The Kier molecular flexibility index (Phi) is 11.9. The highest BCUT2D eigenvalue weighted by Crippen LogP contribution is 2.39. The number of hydrogen-bond acceptors (Lipinski definition) is 6. The second-order valence-electron chi connectivity index (χ2n) is 9.04. The first-order valence-electron chi connectivity index (χ1n) is 11.8. The molecule has 176 valence electrons. The molecule has 1 fully saturated rings. The number of unbranched alkanes of at least 4 members (excludes halogenated alkanes) is 3. The van der Waals surface area contributed by atoms with Gasteiger partial charge in [0.25, 0.3) is 0 Å². The number of rotatable bonds is 14. The molecule has 0 saturated heterocycles. The van der Waals surface area contributed by atoms with Crippen molar-refractivity contribution in [3.8, 4) is 0 Å². The van der Waals surface area contributed by atoms with Gasteiger partial charge in [-0.3, -0.25) is 4.79 Å². The maximum absolute atomic E-state index is 11.6. The number of aliphatic hydroxyl groups is 3. The molecule has 5 atom stereocenters. The number of benzene rings is 1. The SMILES string of the molecule is CC(C)OC(=O)CCCCCC[C@@H]1C(CCC(O)CSc2ccccc2)[C@H](O)C[C@@H]1O. The van der Waals surface area contributed by atoms with Crippen LogP contribution >= 0.6 is 11.8 Å². The highest BCUT2D eigenvalue weighted by atomic mass is 32.2. The van der Waals surface area contributed by atoms with Crippen molar-refractivity contribution >= 4 is 17.7 Å². The molecule has 0 aromatic heterocycles.